The Kier molecular flexibility index (Phi) is 3.01. The van der Waals surface area contributed by atoms with Gasteiger partial charge in [-0.05, 0) is 18.8 Å². The lowest BCUT2D eigenvalue weighted by Gasteiger charge is -2.34. The minimum Gasteiger partial charge on any atom is -0.348 e. The first-order chi connectivity index (χ1) is 6.34. The highest BCUT2D eigenvalue weighted by Crippen LogP contribution is 2.28. The van der Waals surface area contributed by atoms with Gasteiger partial charge in [0.1, 0.15) is 0 Å². The second-order valence-corrected chi connectivity index (χ2v) is 3.67. The van der Waals surface area contributed by atoms with E-state index in [-0.39, 0.29) is 6.04 Å². The lowest BCUT2D eigenvalue weighted by atomic mass is 9.82. The molecule has 1 aliphatic rings. The highest BCUT2D eigenvalue weighted by Gasteiger charge is 2.49. The van der Waals surface area contributed by atoms with E-state index < -0.39 is 18.3 Å². The average Bonchev–Trinajstić information content (AvgIpc) is 2.01. The van der Waals surface area contributed by atoms with Gasteiger partial charge in [-0.3, -0.25) is 4.79 Å². The molecule has 1 amide bonds. The highest BCUT2D eigenvalue weighted by atomic mass is 19.3. The first-order valence-corrected chi connectivity index (χ1v) is 4.31. The monoisotopic (exact) mass is 213 g/mol. The van der Waals surface area contributed by atoms with Gasteiger partial charge >= 0.3 is 12.3 Å². The Labute approximate surface area is 78.7 Å². The predicted octanol–water partition coefficient (Wildman–Crippen LogP) is 1.80. The van der Waals surface area contributed by atoms with Crippen LogP contribution in [-0.4, -0.2) is 24.3 Å². The molecule has 0 unspecified atom stereocenters. The molecule has 82 valence electrons. The largest absolute Gasteiger partial charge is 0.383 e. The summed E-state index contributed by atoms with van der Waals surface area (Å²) >= 11 is 0. The number of alkyl halides is 4. The van der Waals surface area contributed by atoms with Crippen molar-refractivity contribution < 1.29 is 22.4 Å². The number of carbonyl (C=O) groups excluding carboxylic acids is 1. The van der Waals surface area contributed by atoms with Crippen LogP contribution in [0.15, 0.2) is 0 Å². The fourth-order valence-corrected chi connectivity index (χ4v) is 1.40. The van der Waals surface area contributed by atoms with E-state index in [2.05, 4.69) is 0 Å². The molecule has 14 heavy (non-hydrogen) atoms. The summed E-state index contributed by atoms with van der Waals surface area (Å²) in [6, 6.07) is -0.373. The molecule has 2 nitrogen and oxygen atoms in total. The van der Waals surface area contributed by atoms with E-state index in [1.165, 1.54) is 0 Å². The molecule has 0 aromatic rings. The maximum Gasteiger partial charge on any atom is 0.383 e. The molecule has 1 rings (SSSR count). The van der Waals surface area contributed by atoms with Crippen LogP contribution in [0, 0.1) is 5.92 Å². The summed E-state index contributed by atoms with van der Waals surface area (Å²) in [6.45, 7) is 1.90. The zero-order valence-corrected chi connectivity index (χ0v) is 7.57. The third kappa shape index (κ3) is 2.16. The number of hydrogen-bond acceptors (Lipinski definition) is 1. The zero-order chi connectivity index (χ0) is 10.9. The van der Waals surface area contributed by atoms with Gasteiger partial charge in [-0.25, -0.2) is 8.78 Å². The minimum atomic E-state index is -4.57. The van der Waals surface area contributed by atoms with E-state index >= 15 is 0 Å². The summed E-state index contributed by atoms with van der Waals surface area (Å²) in [5.41, 5.74) is 0. The second kappa shape index (κ2) is 3.74. The Morgan fingerprint density at radius 3 is 2.29 bits per heavy atom. The van der Waals surface area contributed by atoms with Gasteiger partial charge < -0.3 is 5.32 Å². The average molecular weight is 213 g/mol. The third-order valence-corrected chi connectivity index (χ3v) is 2.29. The molecule has 1 N–H and O–H groups in total. The highest BCUT2D eigenvalue weighted by molar-refractivity contribution is 5.84. The Balaban J connectivity index is 2.42. The molecule has 6 heteroatoms. The van der Waals surface area contributed by atoms with Gasteiger partial charge in [0.05, 0.1) is 0 Å². The number of halogens is 4. The molecule has 1 saturated carbocycles. The third-order valence-electron chi connectivity index (χ3n) is 2.29. The van der Waals surface area contributed by atoms with Gasteiger partial charge in [-0.2, -0.15) is 8.78 Å². The van der Waals surface area contributed by atoms with Crippen molar-refractivity contribution in [1.82, 2.24) is 5.32 Å². The predicted molar refractivity (Wildman–Crippen MR) is 41.3 cm³/mol. The molecule has 0 aliphatic heterocycles. The maximum absolute atomic E-state index is 12.4. The van der Waals surface area contributed by atoms with Crippen LogP contribution >= 0.6 is 0 Å². The Hall–Kier alpha value is -0.810. The van der Waals surface area contributed by atoms with Crippen molar-refractivity contribution >= 4 is 5.91 Å². The first kappa shape index (κ1) is 11.3. The van der Waals surface area contributed by atoms with Crippen molar-refractivity contribution in [3.8, 4) is 0 Å². The fraction of sp³-hybridized carbons (Fsp3) is 0.875. The van der Waals surface area contributed by atoms with Crippen molar-refractivity contribution in [2.45, 2.75) is 38.2 Å². The fourth-order valence-electron chi connectivity index (χ4n) is 1.40. The van der Waals surface area contributed by atoms with E-state index in [0.717, 1.165) is 0 Å². The number of amides is 1. The maximum atomic E-state index is 12.4. The Bertz CT molecular complexity index is 225. The van der Waals surface area contributed by atoms with Crippen LogP contribution in [0.5, 0.6) is 0 Å². The van der Waals surface area contributed by atoms with Crippen LogP contribution < -0.4 is 5.32 Å². The standard InChI is InChI=1S/C8H11F4NO/c1-4-2-5(3-4)13-7(14)8(11,12)6(9)10/h4-6H,2-3H2,1H3,(H,13,14). The molecule has 0 aromatic heterocycles. The molecular formula is C8H11F4NO. The molecule has 1 aliphatic carbocycles. The quantitative estimate of drug-likeness (QED) is 0.711. The van der Waals surface area contributed by atoms with Crippen LogP contribution in [0.3, 0.4) is 0 Å². The lowest BCUT2D eigenvalue weighted by molar-refractivity contribution is -0.170. The Morgan fingerprint density at radius 2 is 1.93 bits per heavy atom. The summed E-state index contributed by atoms with van der Waals surface area (Å²) in [5, 5.41) is 1.90. The summed E-state index contributed by atoms with van der Waals surface area (Å²) in [4.78, 5) is 10.7. The van der Waals surface area contributed by atoms with E-state index in [4.69, 9.17) is 0 Å². The lowest BCUT2D eigenvalue weighted by Crippen LogP contribution is -2.52. The number of carbonyl (C=O) groups is 1. The van der Waals surface area contributed by atoms with E-state index in [0.29, 0.717) is 18.8 Å². The topological polar surface area (TPSA) is 29.1 Å². The number of nitrogens with one attached hydrogen (secondary N) is 1. The van der Waals surface area contributed by atoms with Crippen molar-refractivity contribution in [3.63, 3.8) is 0 Å². The zero-order valence-electron chi connectivity index (χ0n) is 7.57. The summed E-state index contributed by atoms with van der Waals surface area (Å²) in [7, 11) is 0. The molecule has 0 radical (unpaired) electrons. The number of hydrogen-bond donors (Lipinski definition) is 1. The molecule has 0 spiro atoms. The van der Waals surface area contributed by atoms with Gasteiger partial charge in [0.15, 0.2) is 0 Å². The molecule has 0 heterocycles. The van der Waals surface area contributed by atoms with Crippen LogP contribution in [0.1, 0.15) is 19.8 Å². The summed E-state index contributed by atoms with van der Waals surface area (Å²) in [6.07, 6.45) is -2.80. The van der Waals surface area contributed by atoms with Crippen LogP contribution in [0.4, 0.5) is 17.6 Å². The minimum absolute atomic E-state index is 0.362. The van der Waals surface area contributed by atoms with E-state index in [1.54, 1.807) is 0 Å². The number of rotatable bonds is 3. The molecule has 0 aromatic carbocycles. The van der Waals surface area contributed by atoms with Gasteiger partial charge in [0, 0.05) is 6.04 Å². The van der Waals surface area contributed by atoms with Crippen LogP contribution in [-0.2, 0) is 4.79 Å². The van der Waals surface area contributed by atoms with Crippen molar-refractivity contribution in [2.75, 3.05) is 0 Å². The Morgan fingerprint density at radius 1 is 1.43 bits per heavy atom. The first-order valence-electron chi connectivity index (χ1n) is 4.31. The van der Waals surface area contributed by atoms with Crippen molar-refractivity contribution in [2.24, 2.45) is 5.92 Å². The van der Waals surface area contributed by atoms with Gasteiger partial charge in [0.25, 0.3) is 5.91 Å². The van der Waals surface area contributed by atoms with Crippen molar-refractivity contribution in [1.29, 1.82) is 0 Å². The van der Waals surface area contributed by atoms with Gasteiger partial charge in [-0.15, -0.1) is 0 Å². The van der Waals surface area contributed by atoms with Crippen LogP contribution in [0.25, 0.3) is 0 Å². The van der Waals surface area contributed by atoms with Gasteiger partial charge in [0.2, 0.25) is 0 Å². The van der Waals surface area contributed by atoms with Gasteiger partial charge in [-0.1, -0.05) is 6.92 Å². The molecular weight excluding hydrogens is 202 g/mol. The summed E-state index contributed by atoms with van der Waals surface area (Å²) in [5.74, 6) is -6.08. The van der Waals surface area contributed by atoms with Crippen molar-refractivity contribution in [3.05, 3.63) is 0 Å². The van der Waals surface area contributed by atoms with E-state index in [9.17, 15) is 22.4 Å². The molecule has 0 saturated heterocycles. The van der Waals surface area contributed by atoms with E-state index in [1.807, 2.05) is 12.2 Å². The second-order valence-electron chi connectivity index (χ2n) is 3.67. The normalized spacial score (nSPS) is 27.3. The summed E-state index contributed by atoms with van der Waals surface area (Å²) < 4.78 is 48.2. The van der Waals surface area contributed by atoms with Crippen LogP contribution in [0.2, 0.25) is 0 Å². The SMILES string of the molecule is CC1CC(NC(=O)C(F)(F)C(F)F)C1. The smallest absolute Gasteiger partial charge is 0.348 e. The molecule has 0 atom stereocenters. The molecule has 0 bridgehead atoms. The molecule has 1 fully saturated rings.